The van der Waals surface area contributed by atoms with Crippen LogP contribution >= 0.6 is 22.6 Å². The van der Waals surface area contributed by atoms with Crippen LogP contribution in [0, 0.1) is 9.49 Å². The minimum Gasteiger partial charge on any atom is -0.350 e. The van der Waals surface area contributed by atoms with Gasteiger partial charge in [0.25, 0.3) is 5.91 Å². The number of halogens is 1. The highest BCUT2D eigenvalue weighted by Gasteiger charge is 2.10. The summed E-state index contributed by atoms with van der Waals surface area (Å²) in [5.74, 6) is 0.623. The number of benzene rings is 1. The van der Waals surface area contributed by atoms with Crippen molar-refractivity contribution in [2.24, 2.45) is 5.92 Å². The van der Waals surface area contributed by atoms with Gasteiger partial charge in [-0.3, -0.25) is 4.79 Å². The van der Waals surface area contributed by atoms with Crippen LogP contribution in [0.25, 0.3) is 0 Å². The van der Waals surface area contributed by atoms with Crippen molar-refractivity contribution in [3.8, 4) is 0 Å². The predicted octanol–water partition coefficient (Wildman–Crippen LogP) is 3.46. The number of nitrogens with one attached hydrogen (secondary N) is 1. The van der Waals surface area contributed by atoms with Gasteiger partial charge in [0, 0.05) is 15.2 Å². The van der Waals surface area contributed by atoms with Crippen molar-refractivity contribution >= 4 is 28.5 Å². The molecule has 2 nitrogen and oxygen atoms in total. The van der Waals surface area contributed by atoms with Gasteiger partial charge in [-0.2, -0.15) is 0 Å². The van der Waals surface area contributed by atoms with Gasteiger partial charge in [-0.15, -0.1) is 0 Å². The number of hydrogen-bond donors (Lipinski definition) is 1. The van der Waals surface area contributed by atoms with Gasteiger partial charge in [0.2, 0.25) is 0 Å². The Kier molecular flexibility index (Phi) is 5.25. The highest BCUT2D eigenvalue weighted by Crippen LogP contribution is 2.09. The summed E-state index contributed by atoms with van der Waals surface area (Å²) in [5, 5.41) is 3.01. The van der Waals surface area contributed by atoms with Crippen LogP contribution in [0.3, 0.4) is 0 Å². The highest BCUT2D eigenvalue weighted by atomic mass is 127. The molecule has 3 heteroatoms. The number of amides is 1. The highest BCUT2D eigenvalue weighted by molar-refractivity contribution is 14.1. The lowest BCUT2D eigenvalue weighted by molar-refractivity contribution is 0.0936. The molecule has 1 amide bonds. The minimum atomic E-state index is 0.0201. The molecule has 0 bridgehead atoms. The van der Waals surface area contributed by atoms with E-state index in [0.29, 0.717) is 5.92 Å². The van der Waals surface area contributed by atoms with Gasteiger partial charge in [-0.05, 0) is 60.1 Å². The second-order valence-electron chi connectivity index (χ2n) is 4.51. The van der Waals surface area contributed by atoms with Crippen LogP contribution in [0.2, 0.25) is 0 Å². The van der Waals surface area contributed by atoms with Crippen LogP contribution in [-0.2, 0) is 0 Å². The lowest BCUT2D eigenvalue weighted by Crippen LogP contribution is -2.33. The Morgan fingerprint density at radius 1 is 1.38 bits per heavy atom. The van der Waals surface area contributed by atoms with Gasteiger partial charge in [-0.1, -0.05) is 19.9 Å². The molecule has 0 saturated carbocycles. The Morgan fingerprint density at radius 3 is 2.62 bits per heavy atom. The molecule has 0 radical (unpaired) electrons. The van der Waals surface area contributed by atoms with Crippen molar-refractivity contribution in [2.75, 3.05) is 0 Å². The molecule has 88 valence electrons. The van der Waals surface area contributed by atoms with Crippen molar-refractivity contribution < 1.29 is 4.79 Å². The molecule has 0 fully saturated rings. The van der Waals surface area contributed by atoms with Crippen molar-refractivity contribution in [3.63, 3.8) is 0 Å². The maximum absolute atomic E-state index is 11.9. The normalized spacial score (nSPS) is 12.6. The fourth-order valence-corrected chi connectivity index (χ4v) is 2.25. The van der Waals surface area contributed by atoms with Crippen LogP contribution in [0.15, 0.2) is 24.3 Å². The molecule has 0 aliphatic rings. The Balaban J connectivity index is 2.59. The standard InChI is InChI=1S/C13H18INO/c1-9(2)7-10(3)15-13(16)11-5-4-6-12(14)8-11/h4-6,8-10H,7H2,1-3H3,(H,15,16). The van der Waals surface area contributed by atoms with Crippen LogP contribution in [0.1, 0.15) is 37.6 Å². The molecular formula is C13H18INO. The van der Waals surface area contributed by atoms with E-state index < -0.39 is 0 Å². The molecule has 0 aliphatic heterocycles. The summed E-state index contributed by atoms with van der Waals surface area (Å²) in [5.41, 5.74) is 0.738. The predicted molar refractivity (Wildman–Crippen MR) is 75.5 cm³/mol. The van der Waals surface area contributed by atoms with Crippen LogP contribution in [0.4, 0.5) is 0 Å². The van der Waals surface area contributed by atoms with Gasteiger partial charge in [0.05, 0.1) is 0 Å². The minimum absolute atomic E-state index is 0.0201. The third-order valence-electron chi connectivity index (χ3n) is 2.29. The number of rotatable bonds is 4. The fourth-order valence-electron chi connectivity index (χ4n) is 1.70. The molecule has 1 unspecified atom stereocenters. The molecule has 1 N–H and O–H groups in total. The number of carbonyl (C=O) groups is 1. The van der Waals surface area contributed by atoms with Gasteiger partial charge >= 0.3 is 0 Å². The summed E-state index contributed by atoms with van der Waals surface area (Å²) < 4.78 is 1.08. The average molecular weight is 331 g/mol. The van der Waals surface area contributed by atoms with E-state index in [1.54, 1.807) is 0 Å². The maximum Gasteiger partial charge on any atom is 0.251 e. The quantitative estimate of drug-likeness (QED) is 0.841. The van der Waals surface area contributed by atoms with Crippen LogP contribution in [0.5, 0.6) is 0 Å². The number of hydrogen-bond acceptors (Lipinski definition) is 1. The number of carbonyl (C=O) groups excluding carboxylic acids is 1. The van der Waals surface area contributed by atoms with Gasteiger partial charge in [-0.25, -0.2) is 0 Å². The largest absolute Gasteiger partial charge is 0.350 e. The lowest BCUT2D eigenvalue weighted by atomic mass is 10.0. The average Bonchev–Trinajstić information content (AvgIpc) is 2.16. The topological polar surface area (TPSA) is 29.1 Å². The Bertz CT molecular complexity index is 363. The van der Waals surface area contributed by atoms with Crippen molar-refractivity contribution in [1.82, 2.24) is 5.32 Å². The monoisotopic (exact) mass is 331 g/mol. The van der Waals surface area contributed by atoms with Gasteiger partial charge in [0.1, 0.15) is 0 Å². The van der Waals surface area contributed by atoms with E-state index in [2.05, 4.69) is 41.8 Å². The molecule has 0 spiro atoms. The molecule has 1 atom stereocenters. The molecule has 0 heterocycles. The van der Waals surface area contributed by atoms with Crippen molar-refractivity contribution in [1.29, 1.82) is 0 Å². The summed E-state index contributed by atoms with van der Waals surface area (Å²) in [7, 11) is 0. The Hall–Kier alpha value is -0.580. The zero-order valence-electron chi connectivity index (χ0n) is 9.96. The van der Waals surface area contributed by atoms with E-state index in [9.17, 15) is 4.79 Å². The molecule has 0 aromatic heterocycles. The molecule has 1 aromatic rings. The first-order valence-electron chi connectivity index (χ1n) is 5.55. The molecular weight excluding hydrogens is 313 g/mol. The van der Waals surface area contributed by atoms with E-state index in [0.717, 1.165) is 15.6 Å². The van der Waals surface area contributed by atoms with Crippen LogP contribution < -0.4 is 5.32 Å². The van der Waals surface area contributed by atoms with Gasteiger partial charge in [0.15, 0.2) is 0 Å². The van der Waals surface area contributed by atoms with Crippen molar-refractivity contribution in [2.45, 2.75) is 33.2 Å². The maximum atomic E-state index is 11.9. The summed E-state index contributed by atoms with van der Waals surface area (Å²) in [4.78, 5) is 11.9. The molecule has 1 aromatic carbocycles. The van der Waals surface area contributed by atoms with E-state index in [-0.39, 0.29) is 11.9 Å². The van der Waals surface area contributed by atoms with E-state index in [4.69, 9.17) is 0 Å². The van der Waals surface area contributed by atoms with E-state index in [1.165, 1.54) is 0 Å². The summed E-state index contributed by atoms with van der Waals surface area (Å²) in [6, 6.07) is 7.86. The zero-order valence-corrected chi connectivity index (χ0v) is 12.1. The lowest BCUT2D eigenvalue weighted by Gasteiger charge is -2.15. The molecule has 16 heavy (non-hydrogen) atoms. The SMILES string of the molecule is CC(C)CC(C)NC(=O)c1cccc(I)c1. The summed E-state index contributed by atoms with van der Waals surface area (Å²) >= 11 is 2.21. The first kappa shape index (κ1) is 13.5. The molecule has 0 aliphatic carbocycles. The zero-order chi connectivity index (χ0) is 12.1. The fraction of sp³-hybridized carbons (Fsp3) is 0.462. The second-order valence-corrected chi connectivity index (χ2v) is 5.76. The molecule has 0 saturated heterocycles. The Labute approximate surface area is 111 Å². The van der Waals surface area contributed by atoms with Crippen molar-refractivity contribution in [3.05, 3.63) is 33.4 Å². The van der Waals surface area contributed by atoms with E-state index >= 15 is 0 Å². The van der Waals surface area contributed by atoms with E-state index in [1.807, 2.05) is 31.2 Å². The van der Waals surface area contributed by atoms with Crippen LogP contribution in [-0.4, -0.2) is 11.9 Å². The summed E-state index contributed by atoms with van der Waals surface area (Å²) in [6.45, 7) is 6.37. The van der Waals surface area contributed by atoms with Gasteiger partial charge < -0.3 is 5.32 Å². The smallest absolute Gasteiger partial charge is 0.251 e. The summed E-state index contributed by atoms with van der Waals surface area (Å²) in [6.07, 6.45) is 1.01. The third kappa shape index (κ3) is 4.51. The first-order valence-corrected chi connectivity index (χ1v) is 6.63. The second kappa shape index (κ2) is 6.23. The molecule has 1 rings (SSSR count). The first-order chi connectivity index (χ1) is 7.49. The Morgan fingerprint density at radius 2 is 2.06 bits per heavy atom. The third-order valence-corrected chi connectivity index (χ3v) is 2.96.